The van der Waals surface area contributed by atoms with Gasteiger partial charge in [-0.05, 0) is 31.0 Å². The molecule has 0 aliphatic heterocycles. The molecular formula is C18H20N2O2. The second-order valence-corrected chi connectivity index (χ2v) is 4.95. The van der Waals surface area contributed by atoms with E-state index in [4.69, 9.17) is 4.74 Å². The number of carbonyl (C=O) groups excluding carboxylic acids is 1. The van der Waals surface area contributed by atoms with Gasteiger partial charge in [-0.15, -0.1) is 0 Å². The van der Waals surface area contributed by atoms with Gasteiger partial charge in [0.2, 0.25) is 0 Å². The third kappa shape index (κ3) is 4.45. The predicted molar refractivity (Wildman–Crippen MR) is 88.5 cm³/mol. The number of carbonyl (C=O) groups is 1. The summed E-state index contributed by atoms with van der Waals surface area (Å²) in [5, 5.41) is 3.99. The van der Waals surface area contributed by atoms with Crippen LogP contribution in [0.1, 0.15) is 34.8 Å². The SMILES string of the molecule is CCCOc1ccccc1C(=O)N/N=C/c1ccc(C)cc1. The quantitative estimate of drug-likeness (QED) is 0.654. The van der Waals surface area contributed by atoms with Crippen LogP contribution in [-0.4, -0.2) is 18.7 Å². The molecule has 0 aliphatic rings. The summed E-state index contributed by atoms with van der Waals surface area (Å²) in [4.78, 5) is 12.2. The van der Waals surface area contributed by atoms with Gasteiger partial charge in [0.1, 0.15) is 5.75 Å². The maximum absolute atomic E-state index is 12.2. The fraction of sp³-hybridized carbons (Fsp3) is 0.222. The summed E-state index contributed by atoms with van der Waals surface area (Å²) in [6.07, 6.45) is 2.51. The largest absolute Gasteiger partial charge is 0.493 e. The lowest BCUT2D eigenvalue weighted by Crippen LogP contribution is -2.18. The lowest BCUT2D eigenvalue weighted by molar-refractivity contribution is 0.0951. The molecule has 0 radical (unpaired) electrons. The Morgan fingerprint density at radius 3 is 2.64 bits per heavy atom. The number of nitrogens with zero attached hydrogens (tertiary/aromatic N) is 1. The Morgan fingerprint density at radius 2 is 1.91 bits per heavy atom. The van der Waals surface area contributed by atoms with Gasteiger partial charge in [-0.2, -0.15) is 5.10 Å². The van der Waals surface area contributed by atoms with Gasteiger partial charge in [-0.3, -0.25) is 4.79 Å². The van der Waals surface area contributed by atoms with Crippen LogP contribution in [0.15, 0.2) is 53.6 Å². The van der Waals surface area contributed by atoms with Gasteiger partial charge in [0.05, 0.1) is 18.4 Å². The number of para-hydroxylation sites is 1. The second kappa shape index (κ2) is 7.98. The Kier molecular flexibility index (Phi) is 5.72. The summed E-state index contributed by atoms with van der Waals surface area (Å²) in [6, 6.07) is 15.0. The third-order valence-corrected chi connectivity index (χ3v) is 3.05. The number of rotatable bonds is 6. The molecule has 4 nitrogen and oxygen atoms in total. The predicted octanol–water partition coefficient (Wildman–Crippen LogP) is 3.55. The lowest BCUT2D eigenvalue weighted by Gasteiger charge is -2.09. The van der Waals surface area contributed by atoms with Crippen LogP contribution in [0.4, 0.5) is 0 Å². The van der Waals surface area contributed by atoms with E-state index in [0.29, 0.717) is 17.9 Å². The molecule has 2 aromatic rings. The van der Waals surface area contributed by atoms with E-state index < -0.39 is 0 Å². The van der Waals surface area contributed by atoms with Gasteiger partial charge in [0.15, 0.2) is 0 Å². The average molecular weight is 296 g/mol. The summed E-state index contributed by atoms with van der Waals surface area (Å²) in [6.45, 7) is 4.63. The van der Waals surface area contributed by atoms with E-state index in [2.05, 4.69) is 10.5 Å². The molecular weight excluding hydrogens is 276 g/mol. The van der Waals surface area contributed by atoms with E-state index in [9.17, 15) is 4.79 Å². The van der Waals surface area contributed by atoms with Crippen LogP contribution < -0.4 is 10.2 Å². The zero-order valence-corrected chi connectivity index (χ0v) is 12.9. The van der Waals surface area contributed by atoms with Crippen molar-refractivity contribution in [2.24, 2.45) is 5.10 Å². The van der Waals surface area contributed by atoms with Crippen molar-refractivity contribution >= 4 is 12.1 Å². The highest BCUT2D eigenvalue weighted by molar-refractivity contribution is 5.97. The smallest absolute Gasteiger partial charge is 0.275 e. The average Bonchev–Trinajstić information content (AvgIpc) is 2.55. The molecule has 0 fully saturated rings. The molecule has 1 amide bonds. The summed E-state index contributed by atoms with van der Waals surface area (Å²) in [7, 11) is 0. The molecule has 114 valence electrons. The molecule has 2 aromatic carbocycles. The number of aryl methyl sites for hydroxylation is 1. The minimum Gasteiger partial charge on any atom is -0.493 e. The van der Waals surface area contributed by atoms with Crippen molar-refractivity contribution in [2.45, 2.75) is 20.3 Å². The number of ether oxygens (including phenoxy) is 1. The normalized spacial score (nSPS) is 10.6. The summed E-state index contributed by atoms with van der Waals surface area (Å²) in [5.74, 6) is 0.294. The second-order valence-electron chi connectivity index (χ2n) is 4.95. The zero-order valence-electron chi connectivity index (χ0n) is 12.9. The molecule has 0 saturated heterocycles. The first-order chi connectivity index (χ1) is 10.7. The maximum Gasteiger partial charge on any atom is 0.275 e. The van der Waals surface area contributed by atoms with Crippen molar-refractivity contribution in [2.75, 3.05) is 6.61 Å². The minimum absolute atomic E-state index is 0.282. The molecule has 0 aliphatic carbocycles. The van der Waals surface area contributed by atoms with E-state index in [1.165, 1.54) is 5.56 Å². The zero-order chi connectivity index (χ0) is 15.8. The van der Waals surface area contributed by atoms with E-state index in [-0.39, 0.29) is 5.91 Å². The number of hydrogen-bond donors (Lipinski definition) is 1. The molecule has 1 N–H and O–H groups in total. The Morgan fingerprint density at radius 1 is 1.18 bits per heavy atom. The fourth-order valence-electron chi connectivity index (χ4n) is 1.87. The van der Waals surface area contributed by atoms with Gasteiger partial charge in [-0.1, -0.05) is 48.9 Å². The van der Waals surface area contributed by atoms with Crippen molar-refractivity contribution < 1.29 is 9.53 Å². The molecule has 4 heteroatoms. The van der Waals surface area contributed by atoms with Crippen LogP contribution in [0.5, 0.6) is 5.75 Å². The van der Waals surface area contributed by atoms with Crippen molar-refractivity contribution in [3.63, 3.8) is 0 Å². The van der Waals surface area contributed by atoms with Crippen LogP contribution in [0, 0.1) is 6.92 Å². The van der Waals surface area contributed by atoms with Crippen molar-refractivity contribution in [3.05, 3.63) is 65.2 Å². The Bertz CT molecular complexity index is 648. The van der Waals surface area contributed by atoms with E-state index in [1.807, 2.05) is 44.2 Å². The number of nitrogens with one attached hydrogen (secondary N) is 1. The van der Waals surface area contributed by atoms with Gasteiger partial charge < -0.3 is 4.74 Å². The monoisotopic (exact) mass is 296 g/mol. The molecule has 0 aromatic heterocycles. The van der Waals surface area contributed by atoms with Crippen molar-refractivity contribution in [1.29, 1.82) is 0 Å². The van der Waals surface area contributed by atoms with Crippen LogP contribution in [-0.2, 0) is 0 Å². The van der Waals surface area contributed by atoms with Crippen LogP contribution >= 0.6 is 0 Å². The van der Waals surface area contributed by atoms with Gasteiger partial charge in [-0.25, -0.2) is 5.43 Å². The number of hydrazone groups is 1. The minimum atomic E-state index is -0.282. The van der Waals surface area contributed by atoms with Gasteiger partial charge >= 0.3 is 0 Å². The summed E-state index contributed by atoms with van der Waals surface area (Å²) >= 11 is 0. The first-order valence-corrected chi connectivity index (χ1v) is 7.32. The fourth-order valence-corrected chi connectivity index (χ4v) is 1.87. The van der Waals surface area contributed by atoms with E-state index in [1.54, 1.807) is 24.4 Å². The highest BCUT2D eigenvalue weighted by Crippen LogP contribution is 2.17. The molecule has 0 unspecified atom stereocenters. The maximum atomic E-state index is 12.2. The standard InChI is InChI=1S/C18H20N2O2/c1-3-12-22-17-7-5-4-6-16(17)18(21)20-19-13-15-10-8-14(2)9-11-15/h4-11,13H,3,12H2,1-2H3,(H,20,21)/b19-13+. The van der Waals surface area contributed by atoms with E-state index >= 15 is 0 Å². The first kappa shape index (κ1) is 15.8. The van der Waals surface area contributed by atoms with E-state index in [0.717, 1.165) is 12.0 Å². The molecule has 0 spiro atoms. The first-order valence-electron chi connectivity index (χ1n) is 7.32. The third-order valence-electron chi connectivity index (χ3n) is 3.05. The van der Waals surface area contributed by atoms with Crippen molar-refractivity contribution in [3.8, 4) is 5.75 Å². The molecule has 2 rings (SSSR count). The van der Waals surface area contributed by atoms with Crippen LogP contribution in [0.25, 0.3) is 0 Å². The van der Waals surface area contributed by atoms with Gasteiger partial charge in [0, 0.05) is 0 Å². The number of amides is 1. The molecule has 0 saturated carbocycles. The van der Waals surface area contributed by atoms with Crippen LogP contribution in [0.2, 0.25) is 0 Å². The molecule has 22 heavy (non-hydrogen) atoms. The van der Waals surface area contributed by atoms with Crippen molar-refractivity contribution in [1.82, 2.24) is 5.43 Å². The Balaban J connectivity index is 2.01. The topological polar surface area (TPSA) is 50.7 Å². The lowest BCUT2D eigenvalue weighted by atomic mass is 10.2. The Labute approximate surface area is 130 Å². The van der Waals surface area contributed by atoms with Crippen LogP contribution in [0.3, 0.4) is 0 Å². The highest BCUT2D eigenvalue weighted by Gasteiger charge is 2.10. The van der Waals surface area contributed by atoms with Gasteiger partial charge in [0.25, 0.3) is 5.91 Å². The molecule has 0 atom stereocenters. The number of hydrogen-bond acceptors (Lipinski definition) is 3. The number of benzene rings is 2. The molecule has 0 heterocycles. The Hall–Kier alpha value is -2.62. The summed E-state index contributed by atoms with van der Waals surface area (Å²) in [5.41, 5.74) is 5.13. The molecule has 0 bridgehead atoms. The highest BCUT2D eigenvalue weighted by atomic mass is 16.5. The summed E-state index contributed by atoms with van der Waals surface area (Å²) < 4.78 is 5.57.